The number of hydrogen-bond acceptors (Lipinski definition) is 2. The molecule has 0 aromatic heterocycles. The van der Waals surface area contributed by atoms with Crippen molar-refractivity contribution in [2.24, 2.45) is 17.3 Å². The Balaban J connectivity index is 1.46. The predicted molar refractivity (Wildman–Crippen MR) is 167 cm³/mol. The summed E-state index contributed by atoms with van der Waals surface area (Å²) in [6, 6.07) is 21.4. The molecule has 0 radical (unpaired) electrons. The fraction of sp³-hybridized carbons (Fsp3) is 0.474. The number of allylic oxidation sites excluding steroid dienone is 2. The largest absolute Gasteiger partial charge is 0.489 e. The standard InChI is InChI=1S/C38H33F13O2/c1-32-19-29(33(39,40)34(41,42)35(43,44)36(45,46)37(47,48)38(49,50)51)31-26-15-13-25(52-20-22-8-4-2-5-9-22)18-24(26)12-14-27(31)28(32)16-17-30(32)53-21-23-10-6-3-7-11-23/h2-11,13,15,18,27-28,30H,12,14,16-17,19-21H2,1H3/t27-,28-,30-,32-/m0/s1. The van der Waals surface area contributed by atoms with Crippen LogP contribution in [0.15, 0.2) is 84.4 Å². The van der Waals surface area contributed by atoms with E-state index >= 15 is 17.6 Å². The Morgan fingerprint density at radius 3 is 1.79 bits per heavy atom. The molecule has 53 heavy (non-hydrogen) atoms. The molecular formula is C38H33F13O2. The molecule has 0 unspecified atom stereocenters. The van der Waals surface area contributed by atoms with Gasteiger partial charge in [-0.05, 0) is 83.9 Å². The maximum Gasteiger partial charge on any atom is 0.460 e. The van der Waals surface area contributed by atoms with Gasteiger partial charge in [0.05, 0.1) is 12.7 Å². The van der Waals surface area contributed by atoms with Crippen molar-refractivity contribution in [1.29, 1.82) is 0 Å². The Bertz CT molecular complexity index is 1820. The van der Waals surface area contributed by atoms with Gasteiger partial charge >= 0.3 is 35.8 Å². The highest BCUT2D eigenvalue weighted by Crippen LogP contribution is 2.67. The van der Waals surface area contributed by atoms with Crippen LogP contribution in [0, 0.1) is 17.3 Å². The molecule has 0 saturated heterocycles. The van der Waals surface area contributed by atoms with Crippen LogP contribution >= 0.6 is 0 Å². The van der Waals surface area contributed by atoms with Crippen LogP contribution in [0.2, 0.25) is 0 Å². The first-order chi connectivity index (χ1) is 24.6. The van der Waals surface area contributed by atoms with Crippen LogP contribution < -0.4 is 4.74 Å². The topological polar surface area (TPSA) is 18.5 Å². The normalized spacial score (nSPS) is 24.1. The number of rotatable bonds is 11. The lowest BCUT2D eigenvalue weighted by molar-refractivity contribution is -0.437. The molecule has 3 aliphatic carbocycles. The molecule has 0 N–H and O–H groups in total. The van der Waals surface area contributed by atoms with E-state index in [0.29, 0.717) is 12.0 Å². The molecular weight excluding hydrogens is 735 g/mol. The summed E-state index contributed by atoms with van der Waals surface area (Å²) < 4.78 is 201. The van der Waals surface area contributed by atoms with Gasteiger partial charge in [-0.15, -0.1) is 0 Å². The molecule has 4 atom stereocenters. The number of halogens is 13. The zero-order valence-corrected chi connectivity index (χ0v) is 27.9. The number of ether oxygens (including phenoxy) is 2. The van der Waals surface area contributed by atoms with Gasteiger partial charge in [0.2, 0.25) is 0 Å². The molecule has 0 amide bonds. The average Bonchev–Trinajstić information content (AvgIpc) is 3.44. The number of fused-ring (bicyclic) bond motifs is 5. The number of hydrogen-bond donors (Lipinski definition) is 0. The average molecular weight is 769 g/mol. The summed E-state index contributed by atoms with van der Waals surface area (Å²) in [4.78, 5) is 0. The maximum atomic E-state index is 16.4. The Morgan fingerprint density at radius 2 is 1.21 bits per heavy atom. The quantitative estimate of drug-likeness (QED) is 0.181. The first kappa shape index (κ1) is 39.0. The van der Waals surface area contributed by atoms with Crippen LogP contribution in [0.5, 0.6) is 5.75 Å². The molecule has 3 aromatic rings. The van der Waals surface area contributed by atoms with Gasteiger partial charge in [-0.3, -0.25) is 0 Å². The van der Waals surface area contributed by atoms with Crippen LogP contribution in [0.4, 0.5) is 57.1 Å². The minimum Gasteiger partial charge on any atom is -0.489 e. The van der Waals surface area contributed by atoms with E-state index < -0.39 is 76.7 Å². The third-order valence-electron chi connectivity index (χ3n) is 11.0. The lowest BCUT2D eigenvalue weighted by Crippen LogP contribution is -2.70. The highest BCUT2D eigenvalue weighted by molar-refractivity contribution is 5.78. The van der Waals surface area contributed by atoms with Crippen molar-refractivity contribution in [3.63, 3.8) is 0 Å². The maximum absolute atomic E-state index is 16.4. The predicted octanol–water partition coefficient (Wildman–Crippen LogP) is 11.7. The van der Waals surface area contributed by atoms with Crippen molar-refractivity contribution in [1.82, 2.24) is 0 Å². The summed E-state index contributed by atoms with van der Waals surface area (Å²) in [6.45, 7) is 1.45. The van der Waals surface area contributed by atoms with Gasteiger partial charge in [0.1, 0.15) is 12.4 Å². The molecule has 288 valence electrons. The monoisotopic (exact) mass is 768 g/mol. The number of alkyl halides is 13. The summed E-state index contributed by atoms with van der Waals surface area (Å²) in [6.07, 6.45) is -8.82. The molecule has 2 nitrogen and oxygen atoms in total. The highest BCUT2D eigenvalue weighted by Gasteiger charge is 2.91. The summed E-state index contributed by atoms with van der Waals surface area (Å²) >= 11 is 0. The van der Waals surface area contributed by atoms with E-state index in [4.69, 9.17) is 9.47 Å². The first-order valence-electron chi connectivity index (χ1n) is 16.7. The smallest absolute Gasteiger partial charge is 0.460 e. The minimum atomic E-state index is -7.99. The van der Waals surface area contributed by atoms with Gasteiger partial charge in [-0.25, -0.2) is 0 Å². The summed E-state index contributed by atoms with van der Waals surface area (Å²) in [7, 11) is 0. The zero-order valence-electron chi connectivity index (χ0n) is 27.9. The van der Waals surface area contributed by atoms with Crippen LogP contribution in [-0.4, -0.2) is 41.9 Å². The van der Waals surface area contributed by atoms with E-state index in [9.17, 15) is 39.5 Å². The van der Waals surface area contributed by atoms with E-state index in [0.717, 1.165) is 5.56 Å². The Hall–Kier alpha value is -3.75. The molecule has 0 bridgehead atoms. The Labute approximate surface area is 296 Å². The van der Waals surface area contributed by atoms with Crippen molar-refractivity contribution >= 4 is 5.57 Å². The molecule has 1 saturated carbocycles. The van der Waals surface area contributed by atoms with Crippen molar-refractivity contribution in [2.45, 2.75) is 94.1 Å². The van der Waals surface area contributed by atoms with Crippen LogP contribution in [-0.2, 0) is 24.4 Å². The fourth-order valence-corrected chi connectivity index (χ4v) is 8.21. The Morgan fingerprint density at radius 1 is 0.642 bits per heavy atom. The molecule has 3 aromatic carbocycles. The van der Waals surface area contributed by atoms with Crippen molar-refractivity contribution in [2.75, 3.05) is 0 Å². The minimum absolute atomic E-state index is 0.0139. The first-order valence-corrected chi connectivity index (χ1v) is 16.7. The van der Waals surface area contributed by atoms with Gasteiger partial charge in [0, 0.05) is 11.0 Å². The summed E-state index contributed by atoms with van der Waals surface area (Å²) in [5.41, 5.74) is -2.18. The lowest BCUT2D eigenvalue weighted by atomic mass is 9.56. The molecule has 6 rings (SSSR count). The lowest BCUT2D eigenvalue weighted by Gasteiger charge is -2.51. The van der Waals surface area contributed by atoms with Crippen molar-refractivity contribution in [3.05, 3.63) is 107 Å². The van der Waals surface area contributed by atoms with Crippen LogP contribution in [0.25, 0.3) is 5.57 Å². The zero-order chi connectivity index (χ0) is 38.8. The summed E-state index contributed by atoms with van der Waals surface area (Å²) in [5, 5.41) is 0. The van der Waals surface area contributed by atoms with Gasteiger partial charge < -0.3 is 9.47 Å². The van der Waals surface area contributed by atoms with Crippen molar-refractivity contribution in [3.8, 4) is 5.75 Å². The van der Waals surface area contributed by atoms with E-state index in [-0.39, 0.29) is 49.4 Å². The molecule has 15 heteroatoms. The van der Waals surface area contributed by atoms with E-state index in [1.54, 1.807) is 60.7 Å². The highest BCUT2D eigenvalue weighted by atomic mass is 19.4. The second-order valence-electron chi connectivity index (χ2n) is 14.2. The molecule has 0 aliphatic heterocycles. The van der Waals surface area contributed by atoms with Crippen LogP contribution in [0.1, 0.15) is 54.9 Å². The van der Waals surface area contributed by atoms with E-state index in [2.05, 4.69) is 0 Å². The van der Waals surface area contributed by atoms with Gasteiger partial charge in [-0.1, -0.05) is 73.7 Å². The molecule has 1 fully saturated rings. The Kier molecular flexibility index (Phi) is 9.72. The number of aryl methyl sites for hydroxylation is 1. The molecule has 0 spiro atoms. The van der Waals surface area contributed by atoms with Crippen LogP contribution in [0.3, 0.4) is 0 Å². The third-order valence-corrected chi connectivity index (χ3v) is 11.0. The van der Waals surface area contributed by atoms with Gasteiger partial charge in [0.15, 0.2) is 0 Å². The van der Waals surface area contributed by atoms with E-state index in [1.807, 2.05) is 0 Å². The fourth-order valence-electron chi connectivity index (χ4n) is 8.21. The number of benzene rings is 3. The second-order valence-corrected chi connectivity index (χ2v) is 14.2. The SMILES string of the molecule is C[C@]12CC(C(F)(F)C(F)(F)C(F)(F)C(F)(F)C(F)(F)C(F)(F)F)=C3c4ccc(OCc5ccccc5)cc4CC[C@H]3[C@@H]1CC[C@@H]2OCc1ccccc1. The van der Waals surface area contributed by atoms with Crippen molar-refractivity contribution < 1.29 is 66.5 Å². The molecule has 3 aliphatic rings. The van der Waals surface area contributed by atoms with Gasteiger partial charge in [-0.2, -0.15) is 57.1 Å². The summed E-state index contributed by atoms with van der Waals surface area (Å²) in [5.74, 6) is -38.8. The third kappa shape index (κ3) is 6.18. The van der Waals surface area contributed by atoms with Gasteiger partial charge in [0.25, 0.3) is 0 Å². The molecule has 0 heterocycles. The second kappa shape index (κ2) is 13.2. The van der Waals surface area contributed by atoms with E-state index in [1.165, 1.54) is 25.1 Å².